The number of halogens is 3. The normalized spacial score (nSPS) is 24.4. The highest BCUT2D eigenvalue weighted by Crippen LogP contribution is 2.42. The molecule has 2 heterocycles. The maximum Gasteiger partial charge on any atom is 0.417 e. The molecule has 9 nitrogen and oxygen atoms in total. The molecule has 0 atom stereocenters. The third-order valence-electron chi connectivity index (χ3n) is 7.21. The number of nitrogens with one attached hydrogen (secondary N) is 5. The lowest BCUT2D eigenvalue weighted by Gasteiger charge is -2.50. The van der Waals surface area contributed by atoms with Gasteiger partial charge in [-0.05, 0) is 42.6 Å². The Bertz CT molecular complexity index is 1190. The minimum Gasteiger partial charge on any atom is -0.317 e. The van der Waals surface area contributed by atoms with Crippen LogP contribution >= 0.6 is 0 Å². The molecule has 3 aliphatic rings. The first-order valence-corrected chi connectivity index (χ1v) is 12.9. The van der Waals surface area contributed by atoms with E-state index in [1.54, 1.807) is 0 Å². The number of sulfonamides is 1. The summed E-state index contributed by atoms with van der Waals surface area (Å²) in [6, 6.07) is 10.8. The molecule has 1 aliphatic carbocycles. The Morgan fingerprint density at radius 2 is 1.66 bits per heavy atom. The number of alkyl halides is 3. The van der Waals surface area contributed by atoms with Gasteiger partial charge in [-0.1, -0.05) is 30.3 Å². The molecule has 0 radical (unpaired) electrons. The van der Waals surface area contributed by atoms with E-state index in [-0.39, 0.29) is 5.56 Å². The van der Waals surface area contributed by atoms with Crippen LogP contribution in [-0.2, 0) is 16.2 Å². The number of hydrogen-bond acceptors (Lipinski definition) is 8. The summed E-state index contributed by atoms with van der Waals surface area (Å²) in [5.41, 5.74) is 11.0. The lowest BCUT2D eigenvalue weighted by molar-refractivity contribution is -0.140. The number of primary sulfonamides is 1. The van der Waals surface area contributed by atoms with Crippen LogP contribution in [0.25, 0.3) is 11.1 Å². The largest absolute Gasteiger partial charge is 0.417 e. The molecule has 13 heteroatoms. The van der Waals surface area contributed by atoms with Crippen molar-refractivity contribution in [1.29, 1.82) is 0 Å². The van der Waals surface area contributed by atoms with Gasteiger partial charge in [0.1, 0.15) is 11.1 Å². The van der Waals surface area contributed by atoms with Gasteiger partial charge in [0.15, 0.2) is 0 Å². The van der Waals surface area contributed by atoms with Crippen LogP contribution in [0.3, 0.4) is 0 Å². The molecule has 2 aromatic carbocycles. The predicted octanol–water partition coefficient (Wildman–Crippen LogP) is 1.29. The van der Waals surface area contributed by atoms with Gasteiger partial charge < -0.3 is 5.32 Å². The molecule has 2 aromatic rings. The lowest BCUT2D eigenvalue weighted by atomic mass is 9.80. The Balaban J connectivity index is 1.45. The average molecular weight is 512 g/mol. The fraction of sp³-hybridized carbons (Fsp3) is 0.455. The van der Waals surface area contributed by atoms with Crippen LogP contribution < -0.4 is 32.4 Å². The zero-order chi connectivity index (χ0) is 25.0. The molecule has 0 spiro atoms. The monoisotopic (exact) mass is 511 g/mol. The van der Waals surface area contributed by atoms with E-state index in [9.17, 15) is 21.6 Å². The number of benzene rings is 2. The fourth-order valence-corrected chi connectivity index (χ4v) is 6.17. The molecule has 7 N–H and O–H groups in total. The molecule has 2 aliphatic heterocycles. The number of rotatable bonds is 6. The highest BCUT2D eigenvalue weighted by atomic mass is 32.2. The van der Waals surface area contributed by atoms with Crippen LogP contribution in [0.5, 0.6) is 0 Å². The van der Waals surface area contributed by atoms with Crippen molar-refractivity contribution in [2.24, 2.45) is 5.14 Å². The van der Waals surface area contributed by atoms with Crippen LogP contribution in [0.2, 0.25) is 0 Å². The van der Waals surface area contributed by atoms with Crippen molar-refractivity contribution in [3.8, 4) is 11.1 Å². The summed E-state index contributed by atoms with van der Waals surface area (Å²) in [6.07, 6.45) is -3.55. The fourth-order valence-electron chi connectivity index (χ4n) is 5.14. The molecule has 3 fully saturated rings. The lowest BCUT2D eigenvalue weighted by Crippen LogP contribution is -2.58. The van der Waals surface area contributed by atoms with Crippen molar-refractivity contribution >= 4 is 10.0 Å². The van der Waals surface area contributed by atoms with Gasteiger partial charge in [0.25, 0.3) is 0 Å². The summed E-state index contributed by atoms with van der Waals surface area (Å²) >= 11 is 0. The molecule has 0 unspecified atom stereocenters. The molecule has 0 aromatic heterocycles. The number of nitrogens with two attached hydrogens (primary N) is 1. The van der Waals surface area contributed by atoms with Crippen molar-refractivity contribution in [3.05, 3.63) is 53.1 Å². The second-order valence-corrected chi connectivity index (χ2v) is 10.8. The van der Waals surface area contributed by atoms with E-state index in [2.05, 4.69) is 32.1 Å². The second-order valence-electron chi connectivity index (χ2n) is 9.30. The minimum absolute atomic E-state index is 0.119. The zero-order valence-electron chi connectivity index (χ0n) is 19.0. The first kappa shape index (κ1) is 24.6. The summed E-state index contributed by atoms with van der Waals surface area (Å²) in [4.78, 5) is 1.52. The van der Waals surface area contributed by atoms with E-state index in [0.717, 1.165) is 37.6 Å². The highest BCUT2D eigenvalue weighted by molar-refractivity contribution is 7.89. The topological polar surface area (TPSA) is 124 Å². The van der Waals surface area contributed by atoms with E-state index < -0.39 is 32.8 Å². The Morgan fingerprint density at radius 1 is 1.03 bits per heavy atom. The molecule has 190 valence electrons. The number of nitrogens with zero attached hydrogens (tertiary/aromatic N) is 1. The summed E-state index contributed by atoms with van der Waals surface area (Å²) in [5.74, 6) is 0.399. The Hall–Kier alpha value is -2.10. The minimum atomic E-state index is -4.90. The van der Waals surface area contributed by atoms with Crippen LogP contribution in [0, 0.1) is 0 Å². The Morgan fingerprint density at radius 3 is 2.20 bits per heavy atom. The summed E-state index contributed by atoms with van der Waals surface area (Å²) in [5, 5.41) is 8.59. The van der Waals surface area contributed by atoms with Gasteiger partial charge in [0.05, 0.1) is 5.56 Å². The zero-order valence-corrected chi connectivity index (χ0v) is 19.8. The SMILES string of the molecule is CNC1CC(N2CC(c3ccc(-c4ccc(C(F)(F)F)c(S(N)(=O)=O)c4C4NNNN4)cc3)C2)C1. The molecular formula is C22H28F3N7O2S. The van der Waals surface area contributed by atoms with Crippen molar-refractivity contribution in [2.45, 2.75) is 48.1 Å². The van der Waals surface area contributed by atoms with E-state index in [1.807, 2.05) is 31.3 Å². The summed E-state index contributed by atoms with van der Waals surface area (Å²) < 4.78 is 65.9. The number of hydrogen-bond donors (Lipinski definition) is 6. The van der Waals surface area contributed by atoms with Crippen molar-refractivity contribution in [3.63, 3.8) is 0 Å². The van der Waals surface area contributed by atoms with Crippen molar-refractivity contribution < 1.29 is 21.6 Å². The molecule has 0 amide bonds. The van der Waals surface area contributed by atoms with Crippen molar-refractivity contribution in [1.82, 2.24) is 32.1 Å². The Kier molecular flexibility index (Phi) is 6.38. The smallest absolute Gasteiger partial charge is 0.317 e. The molecule has 2 saturated heterocycles. The van der Waals surface area contributed by atoms with Gasteiger partial charge in [0.2, 0.25) is 10.0 Å². The average Bonchev–Trinajstić information content (AvgIpc) is 3.27. The maximum absolute atomic E-state index is 13.7. The van der Waals surface area contributed by atoms with Gasteiger partial charge in [-0.25, -0.2) is 24.4 Å². The van der Waals surface area contributed by atoms with Crippen molar-refractivity contribution in [2.75, 3.05) is 20.1 Å². The maximum atomic E-state index is 13.7. The van der Waals surface area contributed by atoms with Gasteiger partial charge in [-0.2, -0.15) is 24.2 Å². The third kappa shape index (κ3) is 4.70. The quantitative estimate of drug-likeness (QED) is 0.343. The van der Waals surface area contributed by atoms with E-state index in [0.29, 0.717) is 29.1 Å². The second kappa shape index (κ2) is 9.09. The number of likely N-dealkylation sites (tertiary alicyclic amines) is 1. The number of hydrazine groups is 3. The van der Waals surface area contributed by atoms with Gasteiger partial charge in [-0.3, -0.25) is 4.90 Å². The first-order valence-electron chi connectivity index (χ1n) is 11.4. The molecule has 0 bridgehead atoms. The summed E-state index contributed by atoms with van der Waals surface area (Å²) in [7, 11) is -2.73. The van der Waals surface area contributed by atoms with E-state index >= 15 is 0 Å². The predicted molar refractivity (Wildman–Crippen MR) is 124 cm³/mol. The van der Waals surface area contributed by atoms with Crippen LogP contribution in [-0.4, -0.2) is 45.5 Å². The Labute approximate surface area is 201 Å². The van der Waals surface area contributed by atoms with Gasteiger partial charge >= 0.3 is 6.18 Å². The first-order chi connectivity index (χ1) is 16.6. The van der Waals surface area contributed by atoms with E-state index in [1.165, 1.54) is 6.07 Å². The van der Waals surface area contributed by atoms with Crippen LogP contribution in [0.1, 0.15) is 41.6 Å². The standard InChI is InChI=1S/C22H28F3N7O2S/c1-27-15-8-16(9-15)32-10-14(11-32)12-2-4-13(5-3-12)17-6-7-18(22(23,24)25)20(35(26,33)34)19(17)21-28-30-31-29-21/h2-7,14-16,21,27-31H,8-11H2,1H3,(H2,26,33,34). The molecule has 35 heavy (non-hydrogen) atoms. The van der Waals surface area contributed by atoms with Crippen LogP contribution in [0.4, 0.5) is 13.2 Å². The van der Waals surface area contributed by atoms with Gasteiger partial charge in [-0.15, -0.1) is 0 Å². The van der Waals surface area contributed by atoms with Gasteiger partial charge in [0, 0.05) is 36.7 Å². The third-order valence-corrected chi connectivity index (χ3v) is 8.22. The molecule has 5 rings (SSSR count). The molecule has 1 saturated carbocycles. The molecular weight excluding hydrogens is 483 g/mol. The van der Waals surface area contributed by atoms with E-state index in [4.69, 9.17) is 5.14 Å². The van der Waals surface area contributed by atoms with Crippen LogP contribution in [0.15, 0.2) is 41.3 Å². The highest BCUT2D eigenvalue weighted by Gasteiger charge is 2.41. The summed E-state index contributed by atoms with van der Waals surface area (Å²) in [6.45, 7) is 1.96.